The van der Waals surface area contributed by atoms with Crippen molar-refractivity contribution in [1.29, 1.82) is 0 Å². The van der Waals surface area contributed by atoms with Crippen molar-refractivity contribution < 1.29 is 18.9 Å². The molecule has 0 aliphatic rings. The molecule has 2 heterocycles. The minimum absolute atomic E-state index is 0.0415. The average molecular weight is 517 g/mol. The van der Waals surface area contributed by atoms with Gasteiger partial charge in [-0.25, -0.2) is 10.1 Å². The molecule has 0 saturated carbocycles. The topological polar surface area (TPSA) is 156 Å². The highest BCUT2D eigenvalue weighted by molar-refractivity contribution is 6.35. The van der Waals surface area contributed by atoms with E-state index in [4.69, 9.17) is 38.4 Å². The Hall–Kier alpha value is -4.16. The summed E-state index contributed by atoms with van der Waals surface area (Å²) in [6, 6.07) is 10.3. The third-order valence-corrected chi connectivity index (χ3v) is 5.30. The van der Waals surface area contributed by atoms with Gasteiger partial charge in [0.1, 0.15) is 6.61 Å². The number of amides is 1. The molecule has 0 atom stereocenters. The summed E-state index contributed by atoms with van der Waals surface area (Å²) in [6.07, 6.45) is 1.44. The number of nitrogen functional groups attached to an aromatic ring is 1. The number of aromatic nitrogens is 5. The molecule has 3 N–H and O–H groups in total. The molecule has 0 aliphatic heterocycles. The van der Waals surface area contributed by atoms with Crippen molar-refractivity contribution in [3.05, 3.63) is 69.0 Å². The van der Waals surface area contributed by atoms with Crippen LogP contribution in [0.4, 0.5) is 5.82 Å². The fraction of sp³-hybridized carbons (Fsp3) is 0.143. The minimum Gasteiger partial charge on any atom is -0.493 e. The van der Waals surface area contributed by atoms with Crippen molar-refractivity contribution in [3.8, 4) is 17.3 Å². The van der Waals surface area contributed by atoms with Gasteiger partial charge in [0.05, 0.1) is 19.0 Å². The normalized spacial score (nSPS) is 11.1. The van der Waals surface area contributed by atoms with Crippen molar-refractivity contribution in [2.75, 3.05) is 12.8 Å². The van der Waals surface area contributed by atoms with Crippen LogP contribution in [0.3, 0.4) is 0 Å². The Bertz CT molecular complexity index is 1400. The van der Waals surface area contributed by atoms with Gasteiger partial charge in [0, 0.05) is 15.6 Å². The molecule has 0 bridgehead atoms. The van der Waals surface area contributed by atoms with E-state index in [0.717, 1.165) is 10.2 Å². The Balaban J connectivity index is 1.44. The molecule has 0 unspecified atom stereocenters. The second-order valence-corrected chi connectivity index (χ2v) is 7.89. The molecule has 2 aromatic carbocycles. The number of carbonyl (C=O) groups excluding carboxylic acids is 1. The number of hydrogen-bond acceptors (Lipinski definition) is 10. The van der Waals surface area contributed by atoms with Gasteiger partial charge in [0.2, 0.25) is 11.6 Å². The van der Waals surface area contributed by atoms with E-state index in [0.29, 0.717) is 32.8 Å². The molecule has 4 rings (SSSR count). The van der Waals surface area contributed by atoms with E-state index in [9.17, 15) is 4.79 Å². The maximum Gasteiger partial charge on any atom is 0.292 e. The Morgan fingerprint density at radius 3 is 2.77 bits per heavy atom. The monoisotopic (exact) mass is 516 g/mol. The Morgan fingerprint density at radius 1 is 1.23 bits per heavy atom. The fourth-order valence-electron chi connectivity index (χ4n) is 3.00. The molecule has 12 nitrogen and oxygen atoms in total. The summed E-state index contributed by atoms with van der Waals surface area (Å²) in [4.78, 5) is 12.7. The lowest BCUT2D eigenvalue weighted by Crippen LogP contribution is -2.22. The van der Waals surface area contributed by atoms with Gasteiger partial charge >= 0.3 is 0 Å². The van der Waals surface area contributed by atoms with Crippen LogP contribution in [0.5, 0.6) is 11.5 Å². The molecule has 1 amide bonds. The van der Waals surface area contributed by atoms with Crippen molar-refractivity contribution >= 4 is 41.1 Å². The molecule has 35 heavy (non-hydrogen) atoms. The van der Waals surface area contributed by atoms with Gasteiger partial charge in [-0.1, -0.05) is 34.5 Å². The number of nitrogens with two attached hydrogens (primary N) is 1. The van der Waals surface area contributed by atoms with Gasteiger partial charge in [0.25, 0.3) is 5.91 Å². The first-order valence-corrected chi connectivity index (χ1v) is 10.7. The Labute approximate surface area is 208 Å². The van der Waals surface area contributed by atoms with Crippen LogP contribution in [0.2, 0.25) is 10.0 Å². The Morgan fingerprint density at radius 2 is 2.06 bits per heavy atom. The molecular weight excluding hydrogens is 499 g/mol. The predicted octanol–water partition coefficient (Wildman–Crippen LogP) is 3.20. The molecule has 4 aromatic rings. The number of nitrogens with zero attached hydrogens (tertiary/aromatic N) is 6. The molecule has 0 aliphatic carbocycles. The van der Waals surface area contributed by atoms with E-state index < -0.39 is 5.91 Å². The molecule has 14 heteroatoms. The molecule has 0 fully saturated rings. The standard InChI is InChI=1S/C21H18Cl2N8O4/c1-11-18(31(30-26-11)20-19(24)28-35-29-20)21(32)27-25-9-12-3-6-16(17(7-12)33-2)34-10-13-4-5-14(22)8-15(13)23/h3-9H,10H2,1-2H3,(H2,24,28)(H,27,32)/b25-9-. The maximum atomic E-state index is 12.7. The van der Waals surface area contributed by atoms with Crippen molar-refractivity contribution in [2.45, 2.75) is 13.5 Å². The lowest BCUT2D eigenvalue weighted by molar-refractivity contribution is 0.0946. The summed E-state index contributed by atoms with van der Waals surface area (Å²) in [5.41, 5.74) is 9.94. The van der Waals surface area contributed by atoms with Crippen molar-refractivity contribution in [2.24, 2.45) is 5.10 Å². The van der Waals surface area contributed by atoms with Gasteiger partial charge < -0.3 is 15.2 Å². The van der Waals surface area contributed by atoms with E-state index in [1.807, 2.05) is 0 Å². The summed E-state index contributed by atoms with van der Waals surface area (Å²) in [7, 11) is 1.52. The van der Waals surface area contributed by atoms with Gasteiger partial charge in [0.15, 0.2) is 17.2 Å². The lowest BCUT2D eigenvalue weighted by Gasteiger charge is -2.12. The maximum absolute atomic E-state index is 12.7. The highest BCUT2D eigenvalue weighted by Gasteiger charge is 2.22. The first kappa shape index (κ1) is 24.0. The summed E-state index contributed by atoms with van der Waals surface area (Å²) < 4.78 is 16.9. The first-order valence-electron chi connectivity index (χ1n) is 9.96. The third-order valence-electron chi connectivity index (χ3n) is 4.72. The van der Waals surface area contributed by atoms with Crippen molar-refractivity contribution in [3.63, 3.8) is 0 Å². The number of ether oxygens (including phenoxy) is 2. The molecule has 0 radical (unpaired) electrons. The van der Waals surface area contributed by atoms with Crippen LogP contribution in [-0.2, 0) is 6.61 Å². The Kier molecular flexibility index (Phi) is 7.13. The second-order valence-electron chi connectivity index (χ2n) is 7.04. The number of benzene rings is 2. The summed E-state index contributed by atoms with van der Waals surface area (Å²) in [6.45, 7) is 1.83. The predicted molar refractivity (Wildman–Crippen MR) is 127 cm³/mol. The number of hydrogen-bond donors (Lipinski definition) is 2. The largest absolute Gasteiger partial charge is 0.493 e. The zero-order valence-electron chi connectivity index (χ0n) is 18.4. The SMILES string of the molecule is COc1cc(/C=N\NC(=O)c2c(C)nnn2-c2nonc2N)ccc1OCc1ccc(Cl)cc1Cl. The first-order chi connectivity index (χ1) is 16.9. The lowest BCUT2D eigenvalue weighted by atomic mass is 10.2. The van der Waals surface area contributed by atoms with Crippen LogP contribution in [0.1, 0.15) is 27.3 Å². The van der Waals surface area contributed by atoms with Crippen LogP contribution in [0, 0.1) is 6.92 Å². The van der Waals surface area contributed by atoms with E-state index in [1.165, 1.54) is 13.3 Å². The number of anilines is 1. The summed E-state index contributed by atoms with van der Waals surface area (Å²) in [5, 5.41) is 19.9. The fourth-order valence-corrected chi connectivity index (χ4v) is 3.46. The number of rotatable bonds is 8. The van der Waals surface area contributed by atoms with Crippen LogP contribution in [-0.4, -0.2) is 44.5 Å². The van der Waals surface area contributed by atoms with Gasteiger partial charge in [-0.05, 0) is 53.1 Å². The van der Waals surface area contributed by atoms with E-state index >= 15 is 0 Å². The van der Waals surface area contributed by atoms with Gasteiger partial charge in [-0.15, -0.1) is 5.10 Å². The third kappa shape index (κ3) is 5.34. The van der Waals surface area contributed by atoms with E-state index in [2.05, 4.69) is 35.8 Å². The van der Waals surface area contributed by atoms with E-state index in [-0.39, 0.29) is 23.9 Å². The van der Waals surface area contributed by atoms with Gasteiger partial charge in [-0.2, -0.15) is 9.78 Å². The number of carbonyl (C=O) groups is 1. The molecule has 0 spiro atoms. The summed E-state index contributed by atoms with van der Waals surface area (Å²) in [5.74, 6) is 0.389. The molecule has 180 valence electrons. The average Bonchev–Trinajstić information content (AvgIpc) is 3.43. The minimum atomic E-state index is -0.585. The number of nitrogens with one attached hydrogen (secondary N) is 1. The zero-order valence-corrected chi connectivity index (χ0v) is 19.9. The van der Waals surface area contributed by atoms with Crippen LogP contribution < -0.4 is 20.6 Å². The number of hydrazone groups is 1. The van der Waals surface area contributed by atoms with Crippen LogP contribution in [0.15, 0.2) is 46.1 Å². The summed E-state index contributed by atoms with van der Waals surface area (Å²) >= 11 is 12.1. The molecular formula is C21H18Cl2N8O4. The number of halogens is 2. The van der Waals surface area contributed by atoms with E-state index in [1.54, 1.807) is 43.3 Å². The molecule has 0 saturated heterocycles. The quantitative estimate of drug-likeness (QED) is 0.265. The number of aryl methyl sites for hydroxylation is 1. The van der Waals surface area contributed by atoms with Gasteiger partial charge in [-0.3, -0.25) is 4.79 Å². The smallest absolute Gasteiger partial charge is 0.292 e. The highest BCUT2D eigenvalue weighted by Crippen LogP contribution is 2.30. The number of methoxy groups -OCH3 is 1. The van der Waals surface area contributed by atoms with Crippen LogP contribution in [0.25, 0.3) is 5.82 Å². The van der Waals surface area contributed by atoms with Crippen LogP contribution >= 0.6 is 23.2 Å². The van der Waals surface area contributed by atoms with Crippen molar-refractivity contribution in [1.82, 2.24) is 30.7 Å². The zero-order chi connectivity index (χ0) is 24.9. The highest BCUT2D eigenvalue weighted by atomic mass is 35.5. The second kappa shape index (κ2) is 10.4. The molecule has 2 aromatic heterocycles.